The lowest BCUT2D eigenvalue weighted by Gasteiger charge is -2.15. The molecule has 1 saturated carbocycles. The van der Waals surface area contributed by atoms with E-state index < -0.39 is 8.07 Å². The molecule has 2 atom stereocenters. The molecule has 0 radical (unpaired) electrons. The van der Waals surface area contributed by atoms with Gasteiger partial charge in [0.2, 0.25) is 0 Å². The highest BCUT2D eigenvalue weighted by atomic mass is 28.3. The minimum Gasteiger partial charge on any atom is -0.0693 e. The van der Waals surface area contributed by atoms with Crippen molar-refractivity contribution in [3.05, 3.63) is 0 Å². The van der Waals surface area contributed by atoms with E-state index >= 15 is 0 Å². The molecule has 15 heavy (non-hydrogen) atoms. The van der Waals surface area contributed by atoms with Crippen LogP contribution in [0, 0.1) is 5.92 Å². The first-order valence-corrected chi connectivity index (χ1v) is 10.6. The summed E-state index contributed by atoms with van der Waals surface area (Å²) in [6.07, 6.45) is 11.9. The van der Waals surface area contributed by atoms with Gasteiger partial charge in [-0.1, -0.05) is 71.5 Å². The van der Waals surface area contributed by atoms with Gasteiger partial charge in [0.25, 0.3) is 0 Å². The lowest BCUT2D eigenvalue weighted by Crippen LogP contribution is -2.20. The summed E-state index contributed by atoms with van der Waals surface area (Å²) in [4.78, 5) is 0. The quantitative estimate of drug-likeness (QED) is 0.380. The summed E-state index contributed by atoms with van der Waals surface area (Å²) in [6, 6.07) is 0. The Morgan fingerprint density at radius 3 is 2.07 bits per heavy atom. The van der Waals surface area contributed by atoms with E-state index in [2.05, 4.69) is 26.6 Å². The van der Waals surface area contributed by atoms with Gasteiger partial charge in [0, 0.05) is 8.07 Å². The monoisotopic (exact) mass is 226 g/mol. The third kappa shape index (κ3) is 5.19. The predicted octanol–water partition coefficient (Wildman–Crippen LogP) is 5.47. The smallest absolute Gasteiger partial charge is 0.0476 e. The Morgan fingerprint density at radius 1 is 0.933 bits per heavy atom. The Morgan fingerprint density at radius 2 is 1.53 bits per heavy atom. The van der Waals surface area contributed by atoms with Crippen molar-refractivity contribution in [2.45, 2.75) is 83.5 Å². The van der Waals surface area contributed by atoms with Crippen LogP contribution in [0.4, 0.5) is 0 Å². The summed E-state index contributed by atoms with van der Waals surface area (Å²) in [5.41, 5.74) is 1.17. The SMILES string of the molecule is CCCCCCCC[C@@H]1C[C@@H]1[Si](C)(C)C. The predicted molar refractivity (Wildman–Crippen MR) is 73.2 cm³/mol. The molecule has 1 heteroatoms. The molecule has 90 valence electrons. The molecule has 0 heterocycles. The molecule has 0 aliphatic heterocycles. The molecule has 0 saturated heterocycles. The van der Waals surface area contributed by atoms with E-state index in [9.17, 15) is 0 Å². The van der Waals surface area contributed by atoms with Crippen molar-refractivity contribution in [1.82, 2.24) is 0 Å². The summed E-state index contributed by atoms with van der Waals surface area (Å²) < 4.78 is 0. The van der Waals surface area contributed by atoms with Crippen LogP contribution in [0.3, 0.4) is 0 Å². The van der Waals surface area contributed by atoms with Gasteiger partial charge in [-0.2, -0.15) is 0 Å². The van der Waals surface area contributed by atoms with E-state index in [1.54, 1.807) is 12.8 Å². The third-order valence-electron chi connectivity index (χ3n) is 3.96. The van der Waals surface area contributed by atoms with Crippen molar-refractivity contribution in [2.24, 2.45) is 5.92 Å². The largest absolute Gasteiger partial charge is 0.0693 e. The van der Waals surface area contributed by atoms with E-state index in [0.717, 1.165) is 5.92 Å². The normalized spacial score (nSPS) is 25.6. The molecular weight excluding hydrogens is 196 g/mol. The molecule has 0 amide bonds. The van der Waals surface area contributed by atoms with Crippen LogP contribution in [0.15, 0.2) is 0 Å². The van der Waals surface area contributed by atoms with Gasteiger partial charge in [-0.15, -0.1) is 0 Å². The molecule has 1 aliphatic rings. The van der Waals surface area contributed by atoms with Crippen molar-refractivity contribution in [3.8, 4) is 0 Å². The van der Waals surface area contributed by atoms with Crippen LogP contribution in [0.1, 0.15) is 58.3 Å². The fraction of sp³-hybridized carbons (Fsp3) is 1.00. The molecule has 0 aromatic heterocycles. The third-order valence-corrected chi connectivity index (χ3v) is 6.90. The van der Waals surface area contributed by atoms with E-state index in [1.807, 2.05) is 0 Å². The van der Waals surface area contributed by atoms with Crippen LogP contribution in [0.5, 0.6) is 0 Å². The van der Waals surface area contributed by atoms with Gasteiger partial charge in [-0.3, -0.25) is 0 Å². The second kappa shape index (κ2) is 6.08. The standard InChI is InChI=1S/C14H30Si/c1-5-6-7-8-9-10-11-13-12-14(13)15(2,3)4/h13-14H,5-12H2,1-4H3/t13-,14+/m1/s1. The first-order chi connectivity index (χ1) is 7.05. The summed E-state index contributed by atoms with van der Waals surface area (Å²) in [7, 11) is -0.768. The molecule has 1 aliphatic carbocycles. The minimum absolute atomic E-state index is 0.768. The van der Waals surface area contributed by atoms with Crippen LogP contribution in [0.2, 0.25) is 25.2 Å². The average Bonchev–Trinajstić information content (AvgIpc) is 2.89. The van der Waals surface area contributed by atoms with E-state index in [1.165, 1.54) is 44.1 Å². The van der Waals surface area contributed by atoms with Crippen LogP contribution < -0.4 is 0 Å². The number of hydrogen-bond acceptors (Lipinski definition) is 0. The highest BCUT2D eigenvalue weighted by Crippen LogP contribution is 2.54. The molecule has 1 rings (SSSR count). The van der Waals surface area contributed by atoms with Crippen LogP contribution in [0.25, 0.3) is 0 Å². The molecule has 0 unspecified atom stereocenters. The summed E-state index contributed by atoms with van der Waals surface area (Å²) in [5, 5.41) is 0. The molecule has 0 N–H and O–H groups in total. The molecular formula is C14H30Si. The Balaban J connectivity index is 1.91. The van der Waals surface area contributed by atoms with Gasteiger partial charge < -0.3 is 0 Å². The van der Waals surface area contributed by atoms with Crippen molar-refractivity contribution >= 4 is 8.07 Å². The molecule has 0 aromatic carbocycles. The second-order valence-electron chi connectivity index (χ2n) is 6.52. The zero-order chi connectivity index (χ0) is 11.3. The van der Waals surface area contributed by atoms with Crippen molar-refractivity contribution in [3.63, 3.8) is 0 Å². The van der Waals surface area contributed by atoms with E-state index in [-0.39, 0.29) is 0 Å². The average molecular weight is 226 g/mol. The maximum Gasteiger partial charge on any atom is 0.0476 e. The molecule has 0 nitrogen and oxygen atoms in total. The maximum atomic E-state index is 2.54. The Kier molecular flexibility index (Phi) is 5.38. The van der Waals surface area contributed by atoms with Crippen LogP contribution in [-0.2, 0) is 0 Å². The zero-order valence-electron chi connectivity index (χ0n) is 11.3. The lowest BCUT2D eigenvalue weighted by molar-refractivity contribution is 0.567. The molecule has 0 bridgehead atoms. The van der Waals surface area contributed by atoms with Gasteiger partial charge in [-0.25, -0.2) is 0 Å². The Bertz CT molecular complexity index is 169. The fourth-order valence-corrected chi connectivity index (χ4v) is 5.40. The van der Waals surface area contributed by atoms with Crippen LogP contribution >= 0.6 is 0 Å². The first-order valence-electron chi connectivity index (χ1n) is 7.05. The minimum atomic E-state index is -0.768. The van der Waals surface area contributed by atoms with E-state index in [4.69, 9.17) is 0 Å². The van der Waals surface area contributed by atoms with E-state index in [0.29, 0.717) is 0 Å². The summed E-state index contributed by atoms with van der Waals surface area (Å²) in [5.74, 6) is 1.14. The van der Waals surface area contributed by atoms with Gasteiger partial charge in [-0.05, 0) is 17.9 Å². The van der Waals surface area contributed by atoms with Crippen LogP contribution in [-0.4, -0.2) is 8.07 Å². The number of unbranched alkanes of at least 4 members (excludes halogenated alkanes) is 5. The van der Waals surface area contributed by atoms with Crippen molar-refractivity contribution < 1.29 is 0 Å². The highest BCUT2D eigenvalue weighted by Gasteiger charge is 2.44. The zero-order valence-corrected chi connectivity index (χ0v) is 12.3. The molecule has 1 fully saturated rings. The second-order valence-corrected chi connectivity index (χ2v) is 12.0. The Labute approximate surface area is 97.9 Å². The molecule has 0 aromatic rings. The fourth-order valence-electron chi connectivity index (χ4n) is 2.81. The maximum absolute atomic E-state index is 2.54. The number of hydrogen-bond donors (Lipinski definition) is 0. The summed E-state index contributed by atoms with van der Waals surface area (Å²) in [6.45, 7) is 9.92. The first kappa shape index (κ1) is 13.3. The van der Waals surface area contributed by atoms with Crippen molar-refractivity contribution in [2.75, 3.05) is 0 Å². The van der Waals surface area contributed by atoms with Gasteiger partial charge in [0.05, 0.1) is 0 Å². The molecule has 0 spiro atoms. The van der Waals surface area contributed by atoms with Gasteiger partial charge in [0.1, 0.15) is 0 Å². The van der Waals surface area contributed by atoms with Crippen molar-refractivity contribution in [1.29, 1.82) is 0 Å². The number of rotatable bonds is 8. The van der Waals surface area contributed by atoms with Gasteiger partial charge >= 0.3 is 0 Å². The summed E-state index contributed by atoms with van der Waals surface area (Å²) >= 11 is 0. The Hall–Kier alpha value is 0.217. The lowest BCUT2D eigenvalue weighted by atomic mass is 10.1. The topological polar surface area (TPSA) is 0 Å². The van der Waals surface area contributed by atoms with Gasteiger partial charge in [0.15, 0.2) is 0 Å². The highest BCUT2D eigenvalue weighted by molar-refractivity contribution is 6.78.